The molecule has 5 nitrogen and oxygen atoms in total. The molecule has 0 radical (unpaired) electrons. The van der Waals surface area contributed by atoms with E-state index in [1.165, 1.54) is 24.3 Å². The van der Waals surface area contributed by atoms with Crippen molar-refractivity contribution >= 4 is 11.6 Å². The zero-order valence-electron chi connectivity index (χ0n) is 8.02. The second kappa shape index (κ2) is 5.15. The van der Waals surface area contributed by atoms with Gasteiger partial charge in [0.1, 0.15) is 0 Å². The van der Waals surface area contributed by atoms with E-state index < -0.39 is 17.3 Å². The number of carbonyl (C=O) groups is 1. The van der Waals surface area contributed by atoms with Crippen LogP contribution in [0.5, 0.6) is 0 Å². The highest BCUT2D eigenvalue weighted by Crippen LogP contribution is 2.17. The molecule has 0 aliphatic rings. The van der Waals surface area contributed by atoms with E-state index in [9.17, 15) is 23.7 Å². The van der Waals surface area contributed by atoms with Gasteiger partial charge in [0.15, 0.2) is 0 Å². The summed E-state index contributed by atoms with van der Waals surface area (Å²) in [5, 5.41) is 12.4. The molecule has 0 saturated heterocycles. The molecule has 0 aliphatic heterocycles. The van der Waals surface area contributed by atoms with Crippen molar-refractivity contribution in [3.8, 4) is 0 Å². The van der Waals surface area contributed by atoms with Gasteiger partial charge < -0.3 is 5.32 Å². The van der Waals surface area contributed by atoms with Crippen LogP contribution in [0.25, 0.3) is 0 Å². The number of carbonyl (C=O) groups excluding carboxylic acids is 1. The Bertz CT molecular complexity index is 409. The molecule has 0 aliphatic carbocycles. The average Bonchev–Trinajstić information content (AvgIpc) is 2.25. The number of nitrogens with zero attached hydrogens (tertiary/aromatic N) is 1. The van der Waals surface area contributed by atoms with Gasteiger partial charge in [-0.1, -0.05) is 18.2 Å². The lowest BCUT2D eigenvalue weighted by atomic mass is 10.2. The van der Waals surface area contributed by atoms with Crippen LogP contribution in [-0.4, -0.2) is 17.3 Å². The Kier molecular flexibility index (Phi) is 3.87. The Morgan fingerprint density at radius 1 is 1.44 bits per heavy atom. The molecule has 0 aromatic heterocycles. The number of nitro groups is 1. The number of para-hydroxylation sites is 1. The van der Waals surface area contributed by atoms with Gasteiger partial charge in [-0.3, -0.25) is 14.9 Å². The lowest BCUT2D eigenvalue weighted by Gasteiger charge is -2.04. The van der Waals surface area contributed by atoms with Crippen LogP contribution in [0, 0.1) is 10.1 Å². The number of nitro benzene ring substituents is 1. The first-order valence-corrected chi connectivity index (χ1v) is 4.30. The molecule has 0 spiro atoms. The molecular weight excluding hydrogens is 222 g/mol. The Hall–Kier alpha value is -2.05. The lowest BCUT2D eigenvalue weighted by molar-refractivity contribution is -0.385. The Labute approximate surface area is 89.2 Å². The number of halogens is 2. The number of hydrogen-bond donors (Lipinski definition) is 1. The van der Waals surface area contributed by atoms with Crippen LogP contribution in [0.4, 0.5) is 14.5 Å². The molecule has 16 heavy (non-hydrogen) atoms. The maximum atomic E-state index is 11.8. The molecule has 1 rings (SSSR count). The molecule has 1 amide bonds. The number of nitrogens with one attached hydrogen (secondary N) is 1. The predicted molar refractivity (Wildman–Crippen MR) is 50.9 cm³/mol. The first kappa shape index (κ1) is 12.0. The number of amides is 1. The van der Waals surface area contributed by atoms with Crippen LogP contribution < -0.4 is 5.32 Å². The van der Waals surface area contributed by atoms with Gasteiger partial charge in [-0.15, -0.1) is 0 Å². The van der Waals surface area contributed by atoms with E-state index in [0.29, 0.717) is 0 Å². The molecule has 0 atom stereocenters. The van der Waals surface area contributed by atoms with Gasteiger partial charge >= 0.3 is 6.43 Å². The van der Waals surface area contributed by atoms with Crippen LogP contribution in [-0.2, 0) is 11.3 Å². The summed E-state index contributed by atoms with van der Waals surface area (Å²) in [5.41, 5.74) is -0.0291. The minimum absolute atomic E-state index is 0.182. The van der Waals surface area contributed by atoms with Crippen molar-refractivity contribution in [1.29, 1.82) is 0 Å². The summed E-state index contributed by atoms with van der Waals surface area (Å²) in [7, 11) is 0. The molecule has 1 aromatic rings. The fourth-order valence-corrected chi connectivity index (χ4v) is 1.10. The van der Waals surface area contributed by atoms with Gasteiger partial charge in [-0.05, 0) is 0 Å². The van der Waals surface area contributed by atoms with E-state index in [1.54, 1.807) is 0 Å². The van der Waals surface area contributed by atoms with Crippen LogP contribution in [0.3, 0.4) is 0 Å². The van der Waals surface area contributed by atoms with Crippen molar-refractivity contribution in [3.05, 3.63) is 39.9 Å². The van der Waals surface area contributed by atoms with E-state index >= 15 is 0 Å². The van der Waals surface area contributed by atoms with E-state index in [0.717, 1.165) is 0 Å². The van der Waals surface area contributed by atoms with Crippen LogP contribution in [0.1, 0.15) is 5.56 Å². The van der Waals surface area contributed by atoms with E-state index in [1.807, 2.05) is 5.32 Å². The Morgan fingerprint density at radius 2 is 2.06 bits per heavy atom. The van der Waals surface area contributed by atoms with Gasteiger partial charge in [0.25, 0.3) is 11.6 Å². The molecule has 1 aromatic carbocycles. The zero-order chi connectivity index (χ0) is 12.1. The van der Waals surface area contributed by atoms with Crippen molar-refractivity contribution < 1.29 is 18.5 Å². The number of rotatable bonds is 4. The summed E-state index contributed by atoms with van der Waals surface area (Å²) < 4.78 is 23.7. The standard InChI is InChI=1S/C9H8F2N2O3/c10-8(11)9(14)12-5-6-3-1-2-4-7(6)13(15)16/h1-4,8H,5H2,(H,12,14). The Morgan fingerprint density at radius 3 is 2.62 bits per heavy atom. The van der Waals surface area contributed by atoms with Crippen LogP contribution in [0.15, 0.2) is 24.3 Å². The molecule has 0 unspecified atom stereocenters. The first-order chi connectivity index (χ1) is 7.52. The summed E-state index contributed by atoms with van der Waals surface area (Å²) in [4.78, 5) is 20.5. The molecular formula is C9H8F2N2O3. The number of benzene rings is 1. The zero-order valence-corrected chi connectivity index (χ0v) is 8.02. The van der Waals surface area contributed by atoms with Crippen molar-refractivity contribution in [2.45, 2.75) is 13.0 Å². The average molecular weight is 230 g/mol. The number of hydrogen-bond acceptors (Lipinski definition) is 3. The highest BCUT2D eigenvalue weighted by atomic mass is 19.3. The van der Waals surface area contributed by atoms with E-state index in [4.69, 9.17) is 0 Å². The molecule has 0 heterocycles. The molecule has 7 heteroatoms. The van der Waals surface area contributed by atoms with E-state index in [-0.39, 0.29) is 17.8 Å². The van der Waals surface area contributed by atoms with Gasteiger partial charge in [-0.2, -0.15) is 8.78 Å². The smallest absolute Gasteiger partial charge is 0.315 e. The lowest BCUT2D eigenvalue weighted by Crippen LogP contribution is -2.29. The quantitative estimate of drug-likeness (QED) is 0.628. The minimum atomic E-state index is -3.12. The fourth-order valence-electron chi connectivity index (χ4n) is 1.10. The van der Waals surface area contributed by atoms with Crippen molar-refractivity contribution in [1.82, 2.24) is 5.32 Å². The summed E-state index contributed by atoms with van der Waals surface area (Å²) in [6, 6.07) is 5.61. The second-order valence-corrected chi connectivity index (χ2v) is 2.90. The van der Waals surface area contributed by atoms with Gasteiger partial charge in [0, 0.05) is 18.2 Å². The molecule has 0 saturated carbocycles. The number of alkyl halides is 2. The van der Waals surface area contributed by atoms with Crippen LogP contribution in [0.2, 0.25) is 0 Å². The topological polar surface area (TPSA) is 72.2 Å². The van der Waals surface area contributed by atoms with Crippen LogP contribution >= 0.6 is 0 Å². The van der Waals surface area contributed by atoms with Crippen molar-refractivity contribution in [2.24, 2.45) is 0 Å². The summed E-state index contributed by atoms with van der Waals surface area (Å²) >= 11 is 0. The SMILES string of the molecule is O=C(NCc1ccccc1[N+](=O)[O-])C(F)F. The highest BCUT2D eigenvalue weighted by Gasteiger charge is 2.17. The minimum Gasteiger partial charge on any atom is -0.347 e. The third-order valence-corrected chi connectivity index (χ3v) is 1.84. The summed E-state index contributed by atoms with van der Waals surface area (Å²) in [6.45, 7) is -0.291. The molecule has 86 valence electrons. The van der Waals surface area contributed by atoms with Crippen molar-refractivity contribution in [3.63, 3.8) is 0 Å². The van der Waals surface area contributed by atoms with Gasteiger partial charge in [0.05, 0.1) is 4.92 Å². The summed E-state index contributed by atoms with van der Waals surface area (Å²) in [6.07, 6.45) is -3.12. The van der Waals surface area contributed by atoms with Gasteiger partial charge in [0.2, 0.25) is 0 Å². The Balaban J connectivity index is 2.74. The third kappa shape index (κ3) is 2.97. The maximum absolute atomic E-state index is 11.8. The van der Waals surface area contributed by atoms with Gasteiger partial charge in [-0.25, -0.2) is 0 Å². The molecule has 0 bridgehead atoms. The third-order valence-electron chi connectivity index (χ3n) is 1.84. The largest absolute Gasteiger partial charge is 0.347 e. The monoisotopic (exact) mass is 230 g/mol. The summed E-state index contributed by atoms with van der Waals surface area (Å²) in [5.74, 6) is -1.45. The predicted octanol–water partition coefficient (Wildman–Crippen LogP) is 1.48. The highest BCUT2D eigenvalue weighted by molar-refractivity contribution is 5.79. The maximum Gasteiger partial charge on any atom is 0.315 e. The van der Waals surface area contributed by atoms with E-state index in [2.05, 4.69) is 0 Å². The first-order valence-electron chi connectivity index (χ1n) is 4.30. The van der Waals surface area contributed by atoms with Crippen molar-refractivity contribution in [2.75, 3.05) is 0 Å². The fraction of sp³-hybridized carbons (Fsp3) is 0.222. The normalized spacial score (nSPS) is 10.2. The molecule has 0 fully saturated rings. The molecule has 1 N–H and O–H groups in total. The second-order valence-electron chi connectivity index (χ2n) is 2.90.